The van der Waals surface area contributed by atoms with Crippen molar-refractivity contribution in [3.63, 3.8) is 0 Å². The summed E-state index contributed by atoms with van der Waals surface area (Å²) in [5.41, 5.74) is 2.04. The van der Waals surface area contributed by atoms with Crippen LogP contribution in [-0.4, -0.2) is 32.1 Å². The van der Waals surface area contributed by atoms with Crippen LogP contribution >= 0.6 is 0 Å². The lowest BCUT2D eigenvalue weighted by Gasteiger charge is -2.09. The van der Waals surface area contributed by atoms with E-state index in [1.807, 2.05) is 6.92 Å². The topological polar surface area (TPSA) is 151 Å². The number of aromatic nitrogens is 1. The number of hydrogen-bond donors (Lipinski definition) is 2. The molecule has 0 spiro atoms. The van der Waals surface area contributed by atoms with Crippen molar-refractivity contribution < 1.29 is 32.0 Å². The van der Waals surface area contributed by atoms with Gasteiger partial charge < -0.3 is 19.3 Å². The average molecular weight is 459 g/mol. The zero-order valence-corrected chi connectivity index (χ0v) is 18.1. The smallest absolute Gasteiger partial charge is 0.338 e. The molecule has 1 heterocycles. The summed E-state index contributed by atoms with van der Waals surface area (Å²) < 4.78 is 38.5. The molecule has 0 saturated carbocycles. The van der Waals surface area contributed by atoms with Crippen LogP contribution in [-0.2, 0) is 26.2 Å². The van der Waals surface area contributed by atoms with Gasteiger partial charge in [-0.25, -0.2) is 18.4 Å². The van der Waals surface area contributed by atoms with Crippen LogP contribution in [0.2, 0.25) is 0 Å². The van der Waals surface area contributed by atoms with Gasteiger partial charge in [0, 0.05) is 5.69 Å². The third kappa shape index (κ3) is 5.93. The summed E-state index contributed by atoms with van der Waals surface area (Å²) in [5, 5.41) is 11.4. The predicted octanol–water partition coefficient (Wildman–Crippen LogP) is 2.31. The second-order valence-corrected chi connectivity index (χ2v) is 8.37. The number of sulfonamides is 1. The van der Waals surface area contributed by atoms with E-state index in [-0.39, 0.29) is 22.8 Å². The molecule has 32 heavy (non-hydrogen) atoms. The first-order valence-corrected chi connectivity index (χ1v) is 10.9. The highest BCUT2D eigenvalue weighted by molar-refractivity contribution is 7.89. The first kappa shape index (κ1) is 23.0. The maximum atomic E-state index is 12.2. The number of esters is 1. The normalized spacial score (nSPS) is 11.1. The molecule has 0 aliphatic heterocycles. The Kier molecular flexibility index (Phi) is 6.91. The van der Waals surface area contributed by atoms with Crippen molar-refractivity contribution in [3.8, 4) is 5.75 Å². The van der Waals surface area contributed by atoms with Crippen molar-refractivity contribution in [1.82, 2.24) is 5.16 Å². The highest BCUT2D eigenvalue weighted by atomic mass is 32.2. The summed E-state index contributed by atoms with van der Waals surface area (Å²) in [6, 6.07) is 11.6. The van der Waals surface area contributed by atoms with Crippen LogP contribution in [0.25, 0.3) is 0 Å². The fourth-order valence-corrected chi connectivity index (χ4v) is 3.27. The van der Waals surface area contributed by atoms with Crippen LogP contribution in [0.1, 0.15) is 27.4 Å². The van der Waals surface area contributed by atoms with Crippen LogP contribution in [0.4, 0.5) is 5.69 Å². The second kappa shape index (κ2) is 9.62. The number of carbonyl (C=O) groups is 2. The standard InChI is InChI=1S/C21H21N3O7S/c1-13-19(14(2)31-24-13)11-29-17-8-6-15(7-9-17)21(26)30-12-20(25)23-16-4-3-5-18(10-16)32(22,27)28/h3-10H,11-12H2,1-2H3,(H,23,25)(H2,22,27,28). The van der Waals surface area contributed by atoms with E-state index < -0.39 is 28.5 Å². The number of benzene rings is 2. The predicted molar refractivity (Wildman–Crippen MR) is 113 cm³/mol. The molecule has 0 fully saturated rings. The molecular weight excluding hydrogens is 438 g/mol. The number of nitrogens with two attached hydrogens (primary N) is 1. The number of rotatable bonds is 8. The molecule has 3 rings (SSSR count). The van der Waals surface area contributed by atoms with Gasteiger partial charge in [-0.15, -0.1) is 0 Å². The molecule has 1 amide bonds. The van der Waals surface area contributed by atoms with E-state index in [1.165, 1.54) is 36.4 Å². The highest BCUT2D eigenvalue weighted by Crippen LogP contribution is 2.18. The Hall–Kier alpha value is -3.70. The fourth-order valence-electron chi connectivity index (χ4n) is 2.71. The molecule has 0 aliphatic rings. The van der Waals surface area contributed by atoms with Gasteiger partial charge >= 0.3 is 5.97 Å². The Balaban J connectivity index is 1.51. The van der Waals surface area contributed by atoms with E-state index in [9.17, 15) is 18.0 Å². The van der Waals surface area contributed by atoms with Gasteiger partial charge in [0.15, 0.2) is 6.61 Å². The number of carbonyl (C=O) groups excluding carboxylic acids is 2. The number of amides is 1. The van der Waals surface area contributed by atoms with E-state index in [4.69, 9.17) is 19.1 Å². The lowest BCUT2D eigenvalue weighted by molar-refractivity contribution is -0.119. The molecule has 10 nitrogen and oxygen atoms in total. The largest absolute Gasteiger partial charge is 0.489 e. The molecule has 11 heteroatoms. The van der Waals surface area contributed by atoms with Crippen molar-refractivity contribution in [2.75, 3.05) is 11.9 Å². The van der Waals surface area contributed by atoms with E-state index in [2.05, 4.69) is 10.5 Å². The van der Waals surface area contributed by atoms with Crippen LogP contribution in [0, 0.1) is 13.8 Å². The molecule has 0 aliphatic carbocycles. The van der Waals surface area contributed by atoms with Crippen LogP contribution in [0.5, 0.6) is 5.75 Å². The van der Waals surface area contributed by atoms with Crippen molar-refractivity contribution >= 4 is 27.6 Å². The molecule has 0 radical (unpaired) electrons. The zero-order chi connectivity index (χ0) is 23.3. The molecule has 3 N–H and O–H groups in total. The van der Waals surface area contributed by atoms with E-state index in [0.717, 1.165) is 11.3 Å². The number of aryl methyl sites for hydroxylation is 2. The minimum absolute atomic E-state index is 0.149. The molecule has 0 atom stereocenters. The van der Waals surface area contributed by atoms with Gasteiger partial charge in [0.25, 0.3) is 5.91 Å². The number of ether oxygens (including phenoxy) is 2. The van der Waals surface area contributed by atoms with Gasteiger partial charge in [-0.05, 0) is 56.3 Å². The maximum absolute atomic E-state index is 12.2. The second-order valence-electron chi connectivity index (χ2n) is 6.81. The monoisotopic (exact) mass is 459 g/mol. The third-order valence-electron chi connectivity index (χ3n) is 4.44. The zero-order valence-electron chi connectivity index (χ0n) is 17.3. The Morgan fingerprint density at radius 3 is 2.47 bits per heavy atom. The maximum Gasteiger partial charge on any atom is 0.338 e. The summed E-state index contributed by atoms with van der Waals surface area (Å²) in [4.78, 5) is 24.0. The van der Waals surface area contributed by atoms with E-state index in [1.54, 1.807) is 19.1 Å². The fraction of sp³-hybridized carbons (Fsp3) is 0.190. The summed E-state index contributed by atoms with van der Waals surface area (Å²) in [6.45, 7) is 3.34. The van der Waals surface area contributed by atoms with Crippen LogP contribution in [0.15, 0.2) is 57.9 Å². The quantitative estimate of drug-likeness (QED) is 0.487. The highest BCUT2D eigenvalue weighted by Gasteiger charge is 2.13. The minimum Gasteiger partial charge on any atom is -0.489 e. The van der Waals surface area contributed by atoms with Gasteiger partial charge in [0.05, 0.1) is 21.7 Å². The molecule has 3 aromatic rings. The Morgan fingerprint density at radius 2 is 1.84 bits per heavy atom. The first-order valence-electron chi connectivity index (χ1n) is 9.38. The van der Waals surface area contributed by atoms with Crippen LogP contribution in [0.3, 0.4) is 0 Å². The number of hydrogen-bond acceptors (Lipinski definition) is 8. The third-order valence-corrected chi connectivity index (χ3v) is 5.35. The number of nitrogens with one attached hydrogen (secondary N) is 1. The number of anilines is 1. The van der Waals surface area contributed by atoms with Gasteiger partial charge in [0.2, 0.25) is 10.0 Å². The SMILES string of the molecule is Cc1noc(C)c1COc1ccc(C(=O)OCC(=O)Nc2cccc(S(N)(=O)=O)c2)cc1. The molecule has 0 saturated heterocycles. The minimum atomic E-state index is -3.90. The summed E-state index contributed by atoms with van der Waals surface area (Å²) in [5.74, 6) is -0.119. The van der Waals surface area contributed by atoms with E-state index >= 15 is 0 Å². The lowest BCUT2D eigenvalue weighted by atomic mass is 10.2. The molecule has 168 valence electrons. The summed E-state index contributed by atoms with van der Waals surface area (Å²) in [7, 11) is -3.90. The Morgan fingerprint density at radius 1 is 1.12 bits per heavy atom. The summed E-state index contributed by atoms with van der Waals surface area (Å²) in [6.07, 6.45) is 0. The molecule has 0 bridgehead atoms. The summed E-state index contributed by atoms with van der Waals surface area (Å²) >= 11 is 0. The number of primary sulfonamides is 1. The molecule has 0 unspecified atom stereocenters. The van der Waals surface area contributed by atoms with Crippen molar-refractivity contribution in [2.45, 2.75) is 25.3 Å². The Labute approximate surface area is 184 Å². The van der Waals surface area contributed by atoms with Gasteiger partial charge in [-0.3, -0.25) is 4.79 Å². The van der Waals surface area contributed by atoms with E-state index in [0.29, 0.717) is 11.5 Å². The Bertz CT molecular complexity index is 1220. The molecule has 1 aromatic heterocycles. The average Bonchev–Trinajstić information content (AvgIpc) is 3.08. The molecular formula is C21H21N3O7S. The lowest BCUT2D eigenvalue weighted by Crippen LogP contribution is -2.21. The number of nitrogens with zero attached hydrogens (tertiary/aromatic N) is 1. The van der Waals surface area contributed by atoms with Crippen molar-refractivity contribution in [2.24, 2.45) is 5.14 Å². The molecule has 2 aromatic carbocycles. The van der Waals surface area contributed by atoms with Crippen LogP contribution < -0.4 is 15.2 Å². The van der Waals surface area contributed by atoms with Crippen molar-refractivity contribution in [3.05, 3.63) is 71.1 Å². The van der Waals surface area contributed by atoms with Crippen molar-refractivity contribution in [1.29, 1.82) is 0 Å². The first-order chi connectivity index (χ1) is 15.1. The van der Waals surface area contributed by atoms with Gasteiger partial charge in [0.1, 0.15) is 18.1 Å². The van der Waals surface area contributed by atoms with Gasteiger partial charge in [-0.2, -0.15) is 0 Å². The van der Waals surface area contributed by atoms with Gasteiger partial charge in [-0.1, -0.05) is 11.2 Å².